The van der Waals surface area contributed by atoms with Gasteiger partial charge in [-0.3, -0.25) is 5.10 Å². The van der Waals surface area contributed by atoms with Crippen molar-refractivity contribution >= 4 is 17.5 Å². The van der Waals surface area contributed by atoms with Crippen molar-refractivity contribution in [3.63, 3.8) is 0 Å². The Kier molecular flexibility index (Phi) is 4.97. The maximum Gasteiger partial charge on any atom is 0.573 e. The largest absolute Gasteiger partial charge is 0.573 e. The van der Waals surface area contributed by atoms with Crippen LogP contribution in [0.5, 0.6) is 5.75 Å². The smallest absolute Gasteiger partial charge is 0.406 e. The predicted molar refractivity (Wildman–Crippen MR) is 113 cm³/mol. The lowest BCUT2D eigenvalue weighted by molar-refractivity contribution is -0.274. The number of ether oxygens (including phenoxy) is 1. The maximum atomic E-state index is 12.4. The van der Waals surface area contributed by atoms with Crippen LogP contribution in [0.3, 0.4) is 0 Å². The molecule has 2 aromatic carbocycles. The number of nitrogens with one attached hydrogen (secondary N) is 1. The molecule has 0 bridgehead atoms. The van der Waals surface area contributed by atoms with Gasteiger partial charge in [0.25, 0.3) is 0 Å². The molecular formula is C21H15F3N6OS. The number of hydrogen-bond donors (Lipinski definition) is 1. The zero-order valence-corrected chi connectivity index (χ0v) is 17.4. The molecule has 1 aliphatic heterocycles. The third-order valence-electron chi connectivity index (χ3n) is 4.76. The maximum absolute atomic E-state index is 12.4. The van der Waals surface area contributed by atoms with Gasteiger partial charge in [0, 0.05) is 5.56 Å². The minimum atomic E-state index is -4.73. The predicted octanol–water partition coefficient (Wildman–Crippen LogP) is 4.98. The van der Waals surface area contributed by atoms with Gasteiger partial charge in [0.1, 0.15) is 11.4 Å². The molecule has 0 saturated heterocycles. The summed E-state index contributed by atoms with van der Waals surface area (Å²) in [5.74, 6) is 0.207. The SMILES string of the molecule is CC1Sc2nnc(-c3cc(-c4ccccc4)n[nH]3)n2N=C1c1ccc(OC(F)(F)F)cc1. The quantitative estimate of drug-likeness (QED) is 0.469. The number of alkyl halides is 3. The van der Waals surface area contributed by atoms with Crippen LogP contribution in [0, 0.1) is 0 Å². The molecule has 3 heterocycles. The van der Waals surface area contributed by atoms with Crippen molar-refractivity contribution in [2.24, 2.45) is 5.10 Å². The van der Waals surface area contributed by atoms with Gasteiger partial charge >= 0.3 is 6.36 Å². The van der Waals surface area contributed by atoms with Gasteiger partial charge in [0.05, 0.1) is 16.7 Å². The van der Waals surface area contributed by atoms with Crippen LogP contribution in [-0.2, 0) is 0 Å². The second-order valence-corrected chi connectivity index (χ2v) is 8.28. The highest BCUT2D eigenvalue weighted by atomic mass is 32.2. The van der Waals surface area contributed by atoms with E-state index < -0.39 is 6.36 Å². The Labute approximate surface area is 184 Å². The summed E-state index contributed by atoms with van der Waals surface area (Å²) in [5, 5.41) is 21.1. The summed E-state index contributed by atoms with van der Waals surface area (Å²) in [7, 11) is 0. The van der Waals surface area contributed by atoms with Crippen LogP contribution < -0.4 is 4.74 Å². The number of nitrogens with zero attached hydrogens (tertiary/aromatic N) is 5. The van der Waals surface area contributed by atoms with E-state index in [1.54, 1.807) is 16.8 Å². The van der Waals surface area contributed by atoms with Crippen LogP contribution in [-0.4, -0.2) is 42.4 Å². The second kappa shape index (κ2) is 7.83. The molecule has 4 aromatic rings. The van der Waals surface area contributed by atoms with Crippen molar-refractivity contribution in [3.8, 4) is 28.5 Å². The monoisotopic (exact) mass is 456 g/mol. The molecule has 32 heavy (non-hydrogen) atoms. The molecule has 0 radical (unpaired) electrons. The van der Waals surface area contributed by atoms with Gasteiger partial charge in [0.15, 0.2) is 0 Å². The first kappa shape index (κ1) is 20.3. The third-order valence-corrected chi connectivity index (χ3v) is 5.80. The second-order valence-electron chi connectivity index (χ2n) is 6.97. The van der Waals surface area contributed by atoms with Gasteiger partial charge in [-0.15, -0.1) is 23.4 Å². The number of fused-ring (bicyclic) bond motifs is 1. The van der Waals surface area contributed by atoms with Crippen molar-refractivity contribution in [1.82, 2.24) is 25.1 Å². The van der Waals surface area contributed by atoms with E-state index in [1.807, 2.05) is 43.3 Å². The van der Waals surface area contributed by atoms with Gasteiger partial charge in [0.2, 0.25) is 11.0 Å². The van der Waals surface area contributed by atoms with Crippen LogP contribution in [0.15, 0.2) is 70.9 Å². The molecular weight excluding hydrogens is 441 g/mol. The van der Waals surface area contributed by atoms with E-state index in [9.17, 15) is 13.2 Å². The van der Waals surface area contributed by atoms with Gasteiger partial charge in [-0.05, 0) is 42.8 Å². The summed E-state index contributed by atoms with van der Waals surface area (Å²) in [6, 6.07) is 17.2. The molecule has 1 unspecified atom stereocenters. The molecule has 0 aliphatic carbocycles. The molecule has 0 amide bonds. The van der Waals surface area contributed by atoms with E-state index in [-0.39, 0.29) is 11.0 Å². The normalized spacial score (nSPS) is 15.9. The number of benzene rings is 2. The van der Waals surface area contributed by atoms with Gasteiger partial charge < -0.3 is 4.74 Å². The third kappa shape index (κ3) is 3.98. The molecule has 1 aliphatic rings. The Morgan fingerprint density at radius 2 is 1.75 bits per heavy atom. The summed E-state index contributed by atoms with van der Waals surface area (Å²) in [6.45, 7) is 1.95. The van der Waals surface area contributed by atoms with Crippen LogP contribution in [0.2, 0.25) is 0 Å². The molecule has 1 atom stereocenters. The molecule has 162 valence electrons. The van der Waals surface area contributed by atoms with Crippen LogP contribution in [0.4, 0.5) is 13.2 Å². The fourth-order valence-electron chi connectivity index (χ4n) is 3.31. The highest BCUT2D eigenvalue weighted by Crippen LogP contribution is 2.33. The Bertz CT molecular complexity index is 1280. The van der Waals surface area contributed by atoms with E-state index in [4.69, 9.17) is 5.10 Å². The Balaban J connectivity index is 1.48. The first-order valence-electron chi connectivity index (χ1n) is 9.56. The fourth-order valence-corrected chi connectivity index (χ4v) is 4.24. The van der Waals surface area contributed by atoms with Crippen molar-refractivity contribution in [2.75, 3.05) is 0 Å². The first-order chi connectivity index (χ1) is 15.4. The van der Waals surface area contributed by atoms with Gasteiger partial charge in [-0.1, -0.05) is 42.1 Å². The zero-order valence-electron chi connectivity index (χ0n) is 16.5. The Morgan fingerprint density at radius 1 is 1.00 bits per heavy atom. The number of aromatic amines is 1. The van der Waals surface area contributed by atoms with Crippen LogP contribution >= 0.6 is 11.8 Å². The molecule has 7 nitrogen and oxygen atoms in total. The lowest BCUT2D eigenvalue weighted by Crippen LogP contribution is -2.22. The molecule has 2 aromatic heterocycles. The van der Waals surface area contributed by atoms with Crippen molar-refractivity contribution in [1.29, 1.82) is 0 Å². The average Bonchev–Trinajstić information content (AvgIpc) is 3.40. The summed E-state index contributed by atoms with van der Waals surface area (Å²) in [4.78, 5) is 0. The van der Waals surface area contributed by atoms with Gasteiger partial charge in [-0.2, -0.15) is 14.9 Å². The van der Waals surface area contributed by atoms with Crippen molar-refractivity contribution in [2.45, 2.75) is 23.7 Å². The Morgan fingerprint density at radius 3 is 2.47 bits per heavy atom. The Hall–Kier alpha value is -3.60. The van der Waals surface area contributed by atoms with E-state index in [1.165, 1.54) is 23.9 Å². The standard InChI is InChI=1S/C21H15F3N6OS/c1-12-18(14-7-9-15(10-8-14)31-21(22,23)24)29-30-19(27-28-20(30)32-12)17-11-16(25-26-17)13-5-3-2-4-6-13/h2-12H,1H3,(H,25,26). The van der Waals surface area contributed by atoms with Crippen LogP contribution in [0.25, 0.3) is 22.8 Å². The van der Waals surface area contributed by atoms with E-state index in [0.717, 1.165) is 11.3 Å². The fraction of sp³-hybridized carbons (Fsp3) is 0.143. The van der Waals surface area contributed by atoms with Crippen molar-refractivity contribution in [3.05, 3.63) is 66.2 Å². The highest BCUT2D eigenvalue weighted by Gasteiger charge is 2.31. The molecule has 5 rings (SSSR count). The number of hydrogen-bond acceptors (Lipinski definition) is 6. The van der Waals surface area contributed by atoms with E-state index in [2.05, 4.69) is 25.1 Å². The highest BCUT2D eigenvalue weighted by molar-refractivity contribution is 8.00. The number of halogens is 3. The summed E-state index contributed by atoms with van der Waals surface area (Å²) < 4.78 is 42.9. The average molecular weight is 456 g/mol. The van der Waals surface area contributed by atoms with E-state index >= 15 is 0 Å². The number of rotatable bonds is 4. The summed E-state index contributed by atoms with van der Waals surface area (Å²) >= 11 is 1.46. The molecule has 11 heteroatoms. The number of thioether (sulfide) groups is 1. The van der Waals surface area contributed by atoms with E-state index in [0.29, 0.717) is 27.9 Å². The summed E-state index contributed by atoms with van der Waals surface area (Å²) in [6.07, 6.45) is -4.73. The zero-order chi connectivity index (χ0) is 22.3. The lowest BCUT2D eigenvalue weighted by atomic mass is 10.1. The molecule has 0 saturated carbocycles. The topological polar surface area (TPSA) is 81.0 Å². The first-order valence-corrected chi connectivity index (χ1v) is 10.4. The summed E-state index contributed by atoms with van der Waals surface area (Å²) in [5.41, 5.74) is 3.74. The number of H-pyrrole nitrogens is 1. The molecule has 1 N–H and O–H groups in total. The molecule has 0 fully saturated rings. The number of aromatic nitrogens is 5. The van der Waals surface area contributed by atoms with Crippen molar-refractivity contribution < 1.29 is 17.9 Å². The lowest BCUT2D eigenvalue weighted by Gasteiger charge is -2.20. The minimum absolute atomic E-state index is 0.0735. The minimum Gasteiger partial charge on any atom is -0.406 e. The van der Waals surface area contributed by atoms with Crippen LogP contribution in [0.1, 0.15) is 12.5 Å². The molecule has 0 spiro atoms. The van der Waals surface area contributed by atoms with Gasteiger partial charge in [-0.25, -0.2) is 0 Å².